The van der Waals surface area contributed by atoms with E-state index in [1.54, 1.807) is 12.5 Å². The predicted octanol–water partition coefficient (Wildman–Crippen LogP) is 2.50. The van der Waals surface area contributed by atoms with Crippen LogP contribution >= 0.6 is 0 Å². The molecule has 1 aliphatic rings. The number of aromatic nitrogens is 4. The van der Waals surface area contributed by atoms with Crippen molar-refractivity contribution in [3.63, 3.8) is 0 Å². The standard InChI is InChI=1S/C15H23N5O/c1-3-8-17-12-6-4-11(5-7-12)15-18-14(19-21-15)13-9-16-10-20(13)2/h9-12,17H,3-8H2,1-2H3. The minimum absolute atomic E-state index is 0.402. The summed E-state index contributed by atoms with van der Waals surface area (Å²) in [5, 5.41) is 7.70. The Labute approximate surface area is 125 Å². The quantitative estimate of drug-likeness (QED) is 0.916. The minimum Gasteiger partial charge on any atom is -0.339 e. The summed E-state index contributed by atoms with van der Waals surface area (Å²) < 4.78 is 7.38. The molecular formula is C15H23N5O. The summed E-state index contributed by atoms with van der Waals surface area (Å²) in [6.07, 6.45) is 9.32. The maximum Gasteiger partial charge on any atom is 0.230 e. The smallest absolute Gasteiger partial charge is 0.230 e. The maximum atomic E-state index is 5.48. The maximum absolute atomic E-state index is 5.48. The third-order valence-corrected chi connectivity index (χ3v) is 4.25. The molecule has 1 N–H and O–H groups in total. The first-order valence-electron chi connectivity index (χ1n) is 7.81. The molecule has 0 atom stereocenters. The largest absolute Gasteiger partial charge is 0.339 e. The van der Waals surface area contributed by atoms with Crippen molar-refractivity contribution in [3.05, 3.63) is 18.4 Å². The van der Waals surface area contributed by atoms with Crippen LogP contribution in [-0.2, 0) is 7.05 Å². The number of aryl methyl sites for hydroxylation is 1. The van der Waals surface area contributed by atoms with Crippen LogP contribution in [0.4, 0.5) is 0 Å². The molecule has 0 aliphatic heterocycles. The van der Waals surface area contributed by atoms with Gasteiger partial charge in [-0.1, -0.05) is 12.1 Å². The number of hydrogen-bond donors (Lipinski definition) is 1. The lowest BCUT2D eigenvalue weighted by Gasteiger charge is -2.27. The van der Waals surface area contributed by atoms with Crippen LogP contribution in [-0.4, -0.2) is 32.3 Å². The van der Waals surface area contributed by atoms with Gasteiger partial charge in [-0.3, -0.25) is 0 Å². The molecule has 0 bridgehead atoms. The van der Waals surface area contributed by atoms with Crippen LogP contribution in [0.5, 0.6) is 0 Å². The molecule has 2 heterocycles. The van der Waals surface area contributed by atoms with Gasteiger partial charge in [0.25, 0.3) is 0 Å². The monoisotopic (exact) mass is 289 g/mol. The molecule has 114 valence electrons. The van der Waals surface area contributed by atoms with E-state index in [4.69, 9.17) is 4.52 Å². The molecule has 0 saturated heterocycles. The van der Waals surface area contributed by atoms with E-state index in [2.05, 4.69) is 27.4 Å². The lowest BCUT2D eigenvalue weighted by molar-refractivity contribution is 0.283. The molecule has 3 rings (SSSR count). The van der Waals surface area contributed by atoms with Crippen molar-refractivity contribution in [1.82, 2.24) is 25.0 Å². The molecule has 1 saturated carbocycles. The average molecular weight is 289 g/mol. The number of nitrogens with one attached hydrogen (secondary N) is 1. The second kappa shape index (κ2) is 6.39. The van der Waals surface area contributed by atoms with Crippen molar-refractivity contribution in [2.45, 2.75) is 51.0 Å². The molecule has 6 nitrogen and oxygen atoms in total. The summed E-state index contributed by atoms with van der Waals surface area (Å²) in [4.78, 5) is 8.66. The highest BCUT2D eigenvalue weighted by atomic mass is 16.5. The van der Waals surface area contributed by atoms with Crippen LogP contribution in [0.1, 0.15) is 50.8 Å². The summed E-state index contributed by atoms with van der Waals surface area (Å²) in [6.45, 7) is 3.32. The zero-order valence-corrected chi connectivity index (χ0v) is 12.7. The Morgan fingerprint density at radius 1 is 1.33 bits per heavy atom. The molecule has 0 radical (unpaired) electrons. The highest BCUT2D eigenvalue weighted by Crippen LogP contribution is 2.32. The van der Waals surface area contributed by atoms with E-state index in [0.717, 1.165) is 31.0 Å². The summed E-state index contributed by atoms with van der Waals surface area (Å²) in [7, 11) is 1.93. The first-order chi connectivity index (χ1) is 10.3. The van der Waals surface area contributed by atoms with Gasteiger partial charge in [-0.05, 0) is 38.6 Å². The van der Waals surface area contributed by atoms with Crippen molar-refractivity contribution in [2.24, 2.45) is 7.05 Å². The van der Waals surface area contributed by atoms with Gasteiger partial charge in [0.05, 0.1) is 12.5 Å². The summed E-state index contributed by atoms with van der Waals surface area (Å²) in [5.74, 6) is 1.82. The summed E-state index contributed by atoms with van der Waals surface area (Å²) in [6, 6.07) is 0.653. The van der Waals surface area contributed by atoms with Crippen molar-refractivity contribution in [2.75, 3.05) is 6.54 Å². The Bertz CT molecular complexity index is 568. The van der Waals surface area contributed by atoms with Crippen molar-refractivity contribution in [3.8, 4) is 11.5 Å². The van der Waals surface area contributed by atoms with Gasteiger partial charge in [-0.15, -0.1) is 0 Å². The van der Waals surface area contributed by atoms with Crippen LogP contribution < -0.4 is 5.32 Å². The number of nitrogens with zero attached hydrogens (tertiary/aromatic N) is 4. The van der Waals surface area contributed by atoms with Gasteiger partial charge in [0.2, 0.25) is 11.7 Å². The molecule has 6 heteroatoms. The molecule has 0 unspecified atom stereocenters. The Hall–Kier alpha value is -1.69. The van der Waals surface area contributed by atoms with E-state index >= 15 is 0 Å². The zero-order chi connectivity index (χ0) is 14.7. The molecular weight excluding hydrogens is 266 g/mol. The number of imidazole rings is 1. The normalized spacial score (nSPS) is 22.6. The molecule has 0 amide bonds. The Morgan fingerprint density at radius 3 is 2.81 bits per heavy atom. The van der Waals surface area contributed by atoms with Crippen LogP contribution in [0.2, 0.25) is 0 Å². The Kier molecular flexibility index (Phi) is 4.34. The molecule has 0 aromatic carbocycles. The highest BCUT2D eigenvalue weighted by Gasteiger charge is 2.26. The average Bonchev–Trinajstić information content (AvgIpc) is 3.14. The third kappa shape index (κ3) is 3.15. The fourth-order valence-corrected chi connectivity index (χ4v) is 2.97. The van der Waals surface area contributed by atoms with E-state index in [1.807, 2.05) is 11.6 Å². The predicted molar refractivity (Wildman–Crippen MR) is 79.8 cm³/mol. The van der Waals surface area contributed by atoms with Gasteiger partial charge >= 0.3 is 0 Å². The van der Waals surface area contributed by atoms with E-state index < -0.39 is 0 Å². The van der Waals surface area contributed by atoms with Gasteiger partial charge in [-0.2, -0.15) is 4.98 Å². The summed E-state index contributed by atoms with van der Waals surface area (Å²) >= 11 is 0. The first kappa shape index (κ1) is 14.3. The zero-order valence-electron chi connectivity index (χ0n) is 12.7. The Morgan fingerprint density at radius 2 is 2.14 bits per heavy atom. The topological polar surface area (TPSA) is 68.8 Å². The lowest BCUT2D eigenvalue weighted by Crippen LogP contribution is -2.33. The van der Waals surface area contributed by atoms with Crippen LogP contribution in [0, 0.1) is 0 Å². The number of rotatable bonds is 5. The molecule has 0 spiro atoms. The van der Waals surface area contributed by atoms with Crippen molar-refractivity contribution >= 4 is 0 Å². The second-order valence-electron chi connectivity index (χ2n) is 5.85. The molecule has 2 aromatic heterocycles. The van der Waals surface area contributed by atoms with Crippen LogP contribution in [0.3, 0.4) is 0 Å². The molecule has 1 fully saturated rings. The van der Waals surface area contributed by atoms with Gasteiger partial charge in [0.1, 0.15) is 5.69 Å². The van der Waals surface area contributed by atoms with Crippen molar-refractivity contribution < 1.29 is 4.52 Å². The first-order valence-corrected chi connectivity index (χ1v) is 7.81. The SMILES string of the molecule is CCCNC1CCC(c2nc(-c3cncn3C)no2)CC1. The van der Waals surface area contributed by atoms with E-state index in [1.165, 1.54) is 19.3 Å². The van der Waals surface area contributed by atoms with Crippen LogP contribution in [0.25, 0.3) is 11.5 Å². The molecule has 2 aromatic rings. The lowest BCUT2D eigenvalue weighted by atomic mass is 9.86. The van der Waals surface area contributed by atoms with E-state index in [0.29, 0.717) is 17.8 Å². The Balaban J connectivity index is 1.62. The highest BCUT2D eigenvalue weighted by molar-refractivity contribution is 5.47. The van der Waals surface area contributed by atoms with Crippen molar-refractivity contribution in [1.29, 1.82) is 0 Å². The fourth-order valence-electron chi connectivity index (χ4n) is 2.97. The minimum atomic E-state index is 0.402. The summed E-state index contributed by atoms with van der Waals surface area (Å²) in [5.41, 5.74) is 0.892. The van der Waals surface area contributed by atoms with Gasteiger partial charge in [-0.25, -0.2) is 4.98 Å². The van der Waals surface area contributed by atoms with Gasteiger partial charge in [0.15, 0.2) is 0 Å². The van der Waals surface area contributed by atoms with Gasteiger partial charge < -0.3 is 14.4 Å². The van der Waals surface area contributed by atoms with Gasteiger partial charge in [0, 0.05) is 19.0 Å². The van der Waals surface area contributed by atoms with E-state index in [9.17, 15) is 0 Å². The van der Waals surface area contributed by atoms with Crippen LogP contribution in [0.15, 0.2) is 17.0 Å². The number of hydrogen-bond acceptors (Lipinski definition) is 5. The molecule has 21 heavy (non-hydrogen) atoms. The second-order valence-corrected chi connectivity index (χ2v) is 5.85. The van der Waals surface area contributed by atoms with E-state index in [-0.39, 0.29) is 0 Å². The fraction of sp³-hybridized carbons (Fsp3) is 0.667. The molecule has 1 aliphatic carbocycles. The third-order valence-electron chi connectivity index (χ3n) is 4.25.